The Labute approximate surface area is 178 Å². The second-order valence-corrected chi connectivity index (χ2v) is 7.22. The molecule has 0 saturated heterocycles. The lowest BCUT2D eigenvalue weighted by atomic mass is 10.1. The van der Waals surface area contributed by atoms with E-state index >= 15 is 0 Å². The number of furan rings is 1. The monoisotopic (exact) mass is 429 g/mol. The van der Waals surface area contributed by atoms with Crippen LogP contribution < -0.4 is 20.1 Å². The Balaban J connectivity index is 1.40. The highest BCUT2D eigenvalue weighted by atomic mass is 32.1. The van der Waals surface area contributed by atoms with Gasteiger partial charge in [0.25, 0.3) is 5.91 Å². The van der Waals surface area contributed by atoms with Gasteiger partial charge in [-0.15, -0.1) is 11.3 Å². The Kier molecular flexibility index (Phi) is 7.45. The number of aromatic nitrogens is 1. The van der Waals surface area contributed by atoms with Crippen molar-refractivity contribution in [1.29, 1.82) is 0 Å². The first-order valence-corrected chi connectivity index (χ1v) is 10.2. The molecule has 2 N–H and O–H groups in total. The van der Waals surface area contributed by atoms with Crippen LogP contribution >= 0.6 is 11.3 Å². The zero-order valence-electron chi connectivity index (χ0n) is 16.8. The SMILES string of the molecule is COc1ccc(CCNC(=O)CCc2csc(NC(=O)c3ccco3)n2)cc1OC. The van der Waals surface area contributed by atoms with Crippen molar-refractivity contribution in [2.45, 2.75) is 19.3 Å². The average molecular weight is 429 g/mol. The van der Waals surface area contributed by atoms with Gasteiger partial charge in [-0.25, -0.2) is 4.98 Å². The summed E-state index contributed by atoms with van der Waals surface area (Å²) in [6.45, 7) is 0.524. The van der Waals surface area contributed by atoms with Crippen LogP contribution in [0, 0.1) is 0 Å². The van der Waals surface area contributed by atoms with E-state index in [0.29, 0.717) is 42.4 Å². The number of amides is 2. The molecule has 3 rings (SSSR count). The van der Waals surface area contributed by atoms with E-state index in [-0.39, 0.29) is 17.6 Å². The van der Waals surface area contributed by atoms with Crippen molar-refractivity contribution in [3.63, 3.8) is 0 Å². The number of aryl methyl sites for hydroxylation is 1. The lowest BCUT2D eigenvalue weighted by Gasteiger charge is -2.10. The Morgan fingerprint density at radius 2 is 1.97 bits per heavy atom. The topological polar surface area (TPSA) is 103 Å². The molecule has 0 aliphatic heterocycles. The lowest BCUT2D eigenvalue weighted by molar-refractivity contribution is -0.121. The third kappa shape index (κ3) is 5.84. The molecule has 3 aromatic rings. The number of hydrogen-bond donors (Lipinski definition) is 2. The number of ether oxygens (including phenoxy) is 2. The van der Waals surface area contributed by atoms with Gasteiger partial charge in [0.1, 0.15) is 0 Å². The van der Waals surface area contributed by atoms with Crippen molar-refractivity contribution in [2.75, 3.05) is 26.1 Å². The fourth-order valence-electron chi connectivity index (χ4n) is 2.76. The van der Waals surface area contributed by atoms with Gasteiger partial charge in [-0.3, -0.25) is 14.9 Å². The number of anilines is 1. The molecule has 30 heavy (non-hydrogen) atoms. The lowest BCUT2D eigenvalue weighted by Crippen LogP contribution is -2.25. The van der Waals surface area contributed by atoms with E-state index in [0.717, 1.165) is 11.3 Å². The third-order valence-electron chi connectivity index (χ3n) is 4.31. The van der Waals surface area contributed by atoms with E-state index in [4.69, 9.17) is 13.9 Å². The van der Waals surface area contributed by atoms with Gasteiger partial charge < -0.3 is 19.2 Å². The number of methoxy groups -OCH3 is 2. The first-order chi connectivity index (χ1) is 14.6. The number of nitrogens with one attached hydrogen (secondary N) is 2. The van der Waals surface area contributed by atoms with Gasteiger partial charge >= 0.3 is 0 Å². The molecule has 0 saturated carbocycles. The number of benzene rings is 1. The number of rotatable bonds is 10. The van der Waals surface area contributed by atoms with E-state index in [2.05, 4.69) is 15.6 Å². The van der Waals surface area contributed by atoms with Crippen molar-refractivity contribution < 1.29 is 23.5 Å². The van der Waals surface area contributed by atoms with Crippen LogP contribution in [0.2, 0.25) is 0 Å². The molecule has 0 fully saturated rings. The van der Waals surface area contributed by atoms with Crippen molar-refractivity contribution in [3.05, 3.63) is 59.0 Å². The van der Waals surface area contributed by atoms with E-state index in [9.17, 15) is 9.59 Å². The Morgan fingerprint density at radius 1 is 1.13 bits per heavy atom. The van der Waals surface area contributed by atoms with Crippen molar-refractivity contribution in [2.24, 2.45) is 0 Å². The summed E-state index contributed by atoms with van der Waals surface area (Å²) < 4.78 is 15.6. The van der Waals surface area contributed by atoms with Crippen LogP contribution in [0.4, 0.5) is 5.13 Å². The number of carbonyl (C=O) groups excluding carboxylic acids is 2. The van der Waals surface area contributed by atoms with Gasteiger partial charge in [0.05, 0.1) is 26.2 Å². The predicted molar refractivity (Wildman–Crippen MR) is 113 cm³/mol. The summed E-state index contributed by atoms with van der Waals surface area (Å²) >= 11 is 1.31. The molecule has 1 aromatic carbocycles. The largest absolute Gasteiger partial charge is 0.493 e. The Bertz CT molecular complexity index is 984. The molecule has 2 heterocycles. The van der Waals surface area contributed by atoms with Crippen LogP contribution in [0.5, 0.6) is 11.5 Å². The zero-order valence-corrected chi connectivity index (χ0v) is 17.6. The van der Waals surface area contributed by atoms with Gasteiger partial charge in [0, 0.05) is 18.3 Å². The molecule has 0 radical (unpaired) electrons. The van der Waals surface area contributed by atoms with Gasteiger partial charge in [-0.2, -0.15) is 0 Å². The molecule has 8 nitrogen and oxygen atoms in total. The average Bonchev–Trinajstić information content (AvgIpc) is 3.44. The molecular weight excluding hydrogens is 406 g/mol. The minimum absolute atomic E-state index is 0.0513. The maximum Gasteiger partial charge on any atom is 0.293 e. The van der Waals surface area contributed by atoms with Gasteiger partial charge in [-0.1, -0.05) is 6.07 Å². The van der Waals surface area contributed by atoms with Gasteiger partial charge in [0.2, 0.25) is 5.91 Å². The molecule has 0 bridgehead atoms. The summed E-state index contributed by atoms with van der Waals surface area (Å²) in [5, 5.41) is 7.89. The minimum Gasteiger partial charge on any atom is -0.493 e. The number of hydrogen-bond acceptors (Lipinski definition) is 7. The molecule has 0 atom stereocenters. The highest BCUT2D eigenvalue weighted by Crippen LogP contribution is 2.27. The van der Waals surface area contributed by atoms with Crippen molar-refractivity contribution in [1.82, 2.24) is 10.3 Å². The standard InChI is InChI=1S/C21H23N3O5S/c1-27-16-7-5-14(12-18(16)28-2)9-10-22-19(25)8-6-15-13-30-21(23-15)24-20(26)17-4-3-11-29-17/h3-5,7,11-13H,6,8-10H2,1-2H3,(H,22,25)(H,23,24,26). The molecule has 2 aromatic heterocycles. The first kappa shape index (κ1) is 21.4. The van der Waals surface area contributed by atoms with Crippen molar-refractivity contribution >= 4 is 28.3 Å². The maximum absolute atomic E-state index is 12.1. The van der Waals surface area contributed by atoms with Crippen molar-refractivity contribution in [3.8, 4) is 11.5 Å². The normalized spacial score (nSPS) is 10.5. The highest BCUT2D eigenvalue weighted by molar-refractivity contribution is 7.13. The van der Waals surface area contributed by atoms with Crippen LogP contribution in [0.3, 0.4) is 0 Å². The molecule has 158 valence electrons. The number of carbonyl (C=O) groups is 2. The van der Waals surface area contributed by atoms with E-state index in [1.165, 1.54) is 17.6 Å². The van der Waals surface area contributed by atoms with Crippen LogP contribution in [-0.4, -0.2) is 37.6 Å². The summed E-state index contributed by atoms with van der Waals surface area (Å²) in [6, 6.07) is 8.92. The van der Waals surface area contributed by atoms with E-state index < -0.39 is 0 Å². The van der Waals surface area contributed by atoms with Gasteiger partial charge in [0.15, 0.2) is 22.4 Å². The quantitative estimate of drug-likeness (QED) is 0.513. The van der Waals surface area contributed by atoms with Crippen LogP contribution in [0.1, 0.15) is 28.2 Å². The molecule has 0 spiro atoms. The van der Waals surface area contributed by atoms with E-state index in [1.807, 2.05) is 23.6 Å². The first-order valence-electron chi connectivity index (χ1n) is 9.36. The molecular formula is C21H23N3O5S. The van der Waals surface area contributed by atoms with Gasteiger partial charge in [-0.05, 0) is 42.7 Å². The molecule has 2 amide bonds. The summed E-state index contributed by atoms with van der Waals surface area (Å²) in [6.07, 6.45) is 2.94. The third-order valence-corrected chi connectivity index (χ3v) is 5.12. The number of nitrogens with zero attached hydrogens (tertiary/aromatic N) is 1. The van der Waals surface area contributed by atoms with E-state index in [1.54, 1.807) is 26.4 Å². The smallest absolute Gasteiger partial charge is 0.293 e. The van der Waals surface area contributed by atoms with Crippen LogP contribution in [-0.2, 0) is 17.6 Å². The summed E-state index contributed by atoms with van der Waals surface area (Å²) in [7, 11) is 3.19. The van der Waals surface area contributed by atoms with Crippen LogP contribution in [0.15, 0.2) is 46.4 Å². The number of thiazole rings is 1. The summed E-state index contributed by atoms with van der Waals surface area (Å²) in [5.74, 6) is 1.16. The predicted octanol–water partition coefficient (Wildman–Crippen LogP) is 3.30. The fraction of sp³-hybridized carbons (Fsp3) is 0.286. The maximum atomic E-state index is 12.1. The Morgan fingerprint density at radius 3 is 2.70 bits per heavy atom. The highest BCUT2D eigenvalue weighted by Gasteiger charge is 2.12. The fourth-order valence-corrected chi connectivity index (χ4v) is 3.50. The molecule has 0 aliphatic rings. The molecule has 0 aliphatic carbocycles. The molecule has 0 unspecified atom stereocenters. The minimum atomic E-state index is -0.353. The molecule has 9 heteroatoms. The van der Waals surface area contributed by atoms with Crippen LogP contribution in [0.25, 0.3) is 0 Å². The Hall–Kier alpha value is -3.33. The zero-order chi connectivity index (χ0) is 21.3. The second kappa shape index (κ2) is 10.4. The second-order valence-electron chi connectivity index (χ2n) is 6.36. The summed E-state index contributed by atoms with van der Waals surface area (Å²) in [5.41, 5.74) is 1.80. The summed E-state index contributed by atoms with van der Waals surface area (Å²) in [4.78, 5) is 28.4.